The van der Waals surface area contributed by atoms with E-state index in [1.165, 1.54) is 64.3 Å². The van der Waals surface area contributed by atoms with Gasteiger partial charge < -0.3 is 13.9 Å². The molecule has 0 bridgehead atoms. The molecule has 4 heteroatoms. The zero-order chi connectivity index (χ0) is 40.4. The maximum absolute atomic E-state index is 6.75. The Bertz CT molecular complexity index is 3740. The summed E-state index contributed by atoms with van der Waals surface area (Å²) in [7, 11) is 0. The predicted octanol–water partition coefficient (Wildman–Crippen LogP) is 16.5. The molecule has 3 aromatic heterocycles. The van der Waals surface area contributed by atoms with Crippen LogP contribution in [0.4, 0.5) is 17.1 Å². The van der Waals surface area contributed by atoms with E-state index < -0.39 is 0 Å². The van der Waals surface area contributed by atoms with Gasteiger partial charge in [-0.2, -0.15) is 0 Å². The molecule has 3 nitrogen and oxygen atoms in total. The SMILES string of the molecule is CC1(C)c2ccccc2-c2ccc(N(c3ccccc3)c3ccc(-n4c5ccccc5c5c(-c6ccc7sc8ccccc8c7c6)c6c(cc54)oc4ccccc46)cc3)cc21. The first-order valence-corrected chi connectivity index (χ1v) is 21.8. The van der Waals surface area contributed by atoms with Gasteiger partial charge in [-0.1, -0.05) is 123 Å². The van der Waals surface area contributed by atoms with Crippen molar-refractivity contribution in [2.45, 2.75) is 19.3 Å². The Hall–Kier alpha value is -7.40. The van der Waals surface area contributed by atoms with E-state index in [4.69, 9.17) is 4.42 Å². The van der Waals surface area contributed by atoms with Crippen molar-refractivity contribution in [3.63, 3.8) is 0 Å². The number of nitrogens with zero attached hydrogens (tertiary/aromatic N) is 2. The molecule has 0 N–H and O–H groups in total. The lowest BCUT2D eigenvalue weighted by atomic mass is 9.82. The zero-order valence-electron chi connectivity index (χ0n) is 33.7. The molecule has 0 aliphatic heterocycles. The molecular formula is C57H38N2OS. The molecule has 0 radical (unpaired) electrons. The fraction of sp³-hybridized carbons (Fsp3) is 0.0526. The number of thiophene rings is 1. The summed E-state index contributed by atoms with van der Waals surface area (Å²) in [6.45, 7) is 4.70. The van der Waals surface area contributed by atoms with Crippen molar-refractivity contribution >= 4 is 92.3 Å². The smallest absolute Gasteiger partial charge is 0.138 e. The molecule has 0 spiro atoms. The van der Waals surface area contributed by atoms with Gasteiger partial charge in [0.1, 0.15) is 11.2 Å². The molecule has 0 saturated carbocycles. The summed E-state index contributed by atoms with van der Waals surface area (Å²) in [4.78, 5) is 2.38. The molecule has 0 saturated heterocycles. The Morgan fingerprint density at radius 1 is 0.459 bits per heavy atom. The Kier molecular flexibility index (Phi) is 7.23. The van der Waals surface area contributed by atoms with Crippen LogP contribution in [-0.2, 0) is 5.41 Å². The first-order chi connectivity index (χ1) is 30.0. The lowest BCUT2D eigenvalue weighted by Gasteiger charge is -2.28. The fourth-order valence-electron chi connectivity index (χ4n) is 10.4. The van der Waals surface area contributed by atoms with Crippen molar-refractivity contribution in [1.82, 2.24) is 4.57 Å². The van der Waals surface area contributed by atoms with E-state index in [1.807, 2.05) is 11.3 Å². The molecular weight excluding hydrogens is 761 g/mol. The standard InChI is InChI=1S/C57H38N2OS/c1-57(2)46-20-10-6-16-40(46)41-30-29-39(33-47(41)57)58(36-14-4-3-5-15-36)37-25-27-38(28-26-37)59-48-21-11-7-18-43(48)55-49(59)34-51-56(44-19-8-12-22-50(44)60-51)54(55)35-24-31-53-45(32-35)42-17-9-13-23-52(42)61-53/h3-34H,1-2H3. The van der Waals surface area contributed by atoms with Gasteiger partial charge in [0.15, 0.2) is 0 Å². The average molecular weight is 799 g/mol. The lowest BCUT2D eigenvalue weighted by molar-refractivity contribution is 0.660. The highest BCUT2D eigenvalue weighted by Gasteiger charge is 2.36. The zero-order valence-corrected chi connectivity index (χ0v) is 34.5. The molecule has 1 aliphatic rings. The maximum Gasteiger partial charge on any atom is 0.138 e. The molecule has 1 aliphatic carbocycles. The Balaban J connectivity index is 1.02. The molecule has 9 aromatic carbocycles. The average Bonchev–Trinajstić information content (AvgIpc) is 4.03. The number of hydrogen-bond acceptors (Lipinski definition) is 3. The topological polar surface area (TPSA) is 21.3 Å². The highest BCUT2D eigenvalue weighted by molar-refractivity contribution is 7.25. The van der Waals surface area contributed by atoms with Gasteiger partial charge in [0.25, 0.3) is 0 Å². The van der Waals surface area contributed by atoms with Crippen molar-refractivity contribution in [3.05, 3.63) is 205 Å². The molecule has 0 unspecified atom stereocenters. The van der Waals surface area contributed by atoms with Crippen molar-refractivity contribution in [3.8, 4) is 27.9 Å². The minimum atomic E-state index is -0.0992. The van der Waals surface area contributed by atoms with Gasteiger partial charge in [0, 0.05) is 81.5 Å². The van der Waals surface area contributed by atoms with Crippen LogP contribution >= 0.6 is 11.3 Å². The van der Waals surface area contributed by atoms with Crippen LogP contribution in [0.5, 0.6) is 0 Å². The van der Waals surface area contributed by atoms with E-state index in [-0.39, 0.29) is 5.41 Å². The van der Waals surface area contributed by atoms with Gasteiger partial charge in [0.2, 0.25) is 0 Å². The highest BCUT2D eigenvalue weighted by atomic mass is 32.1. The largest absolute Gasteiger partial charge is 0.456 e. The van der Waals surface area contributed by atoms with Gasteiger partial charge in [-0.15, -0.1) is 11.3 Å². The Labute approximate surface area is 357 Å². The van der Waals surface area contributed by atoms with Gasteiger partial charge in [-0.3, -0.25) is 0 Å². The second-order valence-corrected chi connectivity index (χ2v) is 18.0. The van der Waals surface area contributed by atoms with Crippen LogP contribution in [0.25, 0.3) is 91.9 Å². The normalized spacial score (nSPS) is 13.2. The minimum Gasteiger partial charge on any atom is -0.456 e. The van der Waals surface area contributed by atoms with E-state index in [2.05, 4.69) is 217 Å². The Morgan fingerprint density at radius 2 is 1.13 bits per heavy atom. The van der Waals surface area contributed by atoms with Crippen LogP contribution in [0.3, 0.4) is 0 Å². The summed E-state index contributed by atoms with van der Waals surface area (Å²) in [5, 5.41) is 7.31. The molecule has 13 rings (SSSR count). The van der Waals surface area contributed by atoms with Crippen LogP contribution in [0.1, 0.15) is 25.0 Å². The molecule has 61 heavy (non-hydrogen) atoms. The highest BCUT2D eigenvalue weighted by Crippen LogP contribution is 2.51. The third-order valence-electron chi connectivity index (χ3n) is 13.2. The van der Waals surface area contributed by atoms with Crippen molar-refractivity contribution in [2.75, 3.05) is 4.90 Å². The molecule has 12 aromatic rings. The van der Waals surface area contributed by atoms with Crippen LogP contribution in [0, 0.1) is 0 Å². The molecule has 288 valence electrons. The second-order valence-electron chi connectivity index (χ2n) is 16.9. The van der Waals surface area contributed by atoms with E-state index in [1.54, 1.807) is 0 Å². The second kappa shape index (κ2) is 12.8. The molecule has 0 amide bonds. The maximum atomic E-state index is 6.75. The number of hydrogen-bond donors (Lipinski definition) is 0. The van der Waals surface area contributed by atoms with Crippen LogP contribution < -0.4 is 4.90 Å². The quantitative estimate of drug-likeness (QED) is 0.173. The number of para-hydroxylation sites is 3. The summed E-state index contributed by atoms with van der Waals surface area (Å²) in [5.41, 5.74) is 16.2. The monoisotopic (exact) mass is 798 g/mol. The summed E-state index contributed by atoms with van der Waals surface area (Å²) < 4.78 is 11.8. The molecule has 0 fully saturated rings. The summed E-state index contributed by atoms with van der Waals surface area (Å²) >= 11 is 1.86. The van der Waals surface area contributed by atoms with Crippen LogP contribution in [0.15, 0.2) is 199 Å². The third kappa shape index (κ3) is 4.97. The number of furan rings is 1. The van der Waals surface area contributed by atoms with Crippen molar-refractivity contribution in [1.29, 1.82) is 0 Å². The van der Waals surface area contributed by atoms with E-state index in [0.29, 0.717) is 0 Å². The van der Waals surface area contributed by atoms with Crippen molar-refractivity contribution in [2.24, 2.45) is 0 Å². The van der Waals surface area contributed by atoms with Crippen LogP contribution in [-0.4, -0.2) is 4.57 Å². The number of aromatic nitrogens is 1. The number of fused-ring (bicyclic) bond motifs is 12. The predicted molar refractivity (Wildman–Crippen MR) is 259 cm³/mol. The van der Waals surface area contributed by atoms with Crippen molar-refractivity contribution < 1.29 is 4.42 Å². The van der Waals surface area contributed by atoms with Gasteiger partial charge in [-0.05, 0) is 107 Å². The number of rotatable bonds is 5. The summed E-state index contributed by atoms with van der Waals surface area (Å²) in [5.74, 6) is 0. The Morgan fingerprint density at radius 3 is 2.00 bits per heavy atom. The summed E-state index contributed by atoms with van der Waals surface area (Å²) in [6.07, 6.45) is 0. The van der Waals surface area contributed by atoms with E-state index >= 15 is 0 Å². The van der Waals surface area contributed by atoms with Crippen LogP contribution in [0.2, 0.25) is 0 Å². The third-order valence-corrected chi connectivity index (χ3v) is 14.3. The summed E-state index contributed by atoms with van der Waals surface area (Å²) in [6, 6.07) is 71.0. The molecule has 3 heterocycles. The van der Waals surface area contributed by atoms with E-state index in [9.17, 15) is 0 Å². The van der Waals surface area contributed by atoms with Gasteiger partial charge >= 0.3 is 0 Å². The number of anilines is 3. The fourth-order valence-corrected chi connectivity index (χ4v) is 11.5. The van der Waals surface area contributed by atoms with E-state index in [0.717, 1.165) is 55.7 Å². The van der Waals surface area contributed by atoms with Gasteiger partial charge in [-0.25, -0.2) is 0 Å². The first kappa shape index (κ1) is 34.5. The minimum absolute atomic E-state index is 0.0992. The molecule has 0 atom stereocenters. The number of benzene rings is 9. The first-order valence-electron chi connectivity index (χ1n) is 21.0. The van der Waals surface area contributed by atoms with Gasteiger partial charge in [0.05, 0.1) is 11.0 Å². The lowest BCUT2D eigenvalue weighted by Crippen LogP contribution is -2.16.